The van der Waals surface area contributed by atoms with E-state index >= 15 is 0 Å². The molecule has 0 rings (SSSR count). The second-order valence-corrected chi connectivity index (χ2v) is 3.63. The van der Waals surface area contributed by atoms with Gasteiger partial charge in [-0.3, -0.25) is 0 Å². The minimum atomic E-state index is 0.0832. The standard InChI is InChI=1S/C8H15NS/c1-5-6(2)10-8(4)7(3)9/h5,7H,4,9H2,1-3H3/b6-5-. The normalized spacial score (nSPS) is 15.0. The Morgan fingerprint density at radius 3 is 2.50 bits per heavy atom. The summed E-state index contributed by atoms with van der Waals surface area (Å²) in [4.78, 5) is 2.28. The third-order valence-electron chi connectivity index (χ3n) is 1.21. The summed E-state index contributed by atoms with van der Waals surface area (Å²) in [6.45, 7) is 9.85. The van der Waals surface area contributed by atoms with Crippen LogP contribution in [-0.4, -0.2) is 6.04 Å². The summed E-state index contributed by atoms with van der Waals surface area (Å²) in [7, 11) is 0. The van der Waals surface area contributed by atoms with Crippen LogP contribution in [0.3, 0.4) is 0 Å². The highest BCUT2D eigenvalue weighted by Gasteiger charge is 2.00. The van der Waals surface area contributed by atoms with Crippen molar-refractivity contribution in [2.75, 3.05) is 0 Å². The molecule has 0 aliphatic heterocycles. The van der Waals surface area contributed by atoms with E-state index in [9.17, 15) is 0 Å². The Hall–Kier alpha value is -0.210. The first-order valence-electron chi connectivity index (χ1n) is 3.33. The van der Waals surface area contributed by atoms with E-state index < -0.39 is 0 Å². The van der Waals surface area contributed by atoms with Crippen molar-refractivity contribution in [3.63, 3.8) is 0 Å². The number of hydrogen-bond acceptors (Lipinski definition) is 2. The highest BCUT2D eigenvalue weighted by atomic mass is 32.2. The predicted octanol–water partition coefficient (Wildman–Crippen LogP) is 2.50. The summed E-state index contributed by atoms with van der Waals surface area (Å²) in [6.07, 6.45) is 2.05. The van der Waals surface area contributed by atoms with Gasteiger partial charge in [0.2, 0.25) is 0 Å². The van der Waals surface area contributed by atoms with Gasteiger partial charge in [0, 0.05) is 6.04 Å². The van der Waals surface area contributed by atoms with Gasteiger partial charge in [-0.15, -0.1) is 0 Å². The van der Waals surface area contributed by atoms with Crippen LogP contribution in [0.15, 0.2) is 22.5 Å². The topological polar surface area (TPSA) is 26.0 Å². The largest absolute Gasteiger partial charge is 0.324 e. The molecule has 1 atom stereocenters. The zero-order chi connectivity index (χ0) is 8.15. The molecule has 0 saturated heterocycles. The Morgan fingerprint density at radius 2 is 2.20 bits per heavy atom. The highest BCUT2D eigenvalue weighted by Crippen LogP contribution is 2.24. The van der Waals surface area contributed by atoms with Crippen molar-refractivity contribution in [2.45, 2.75) is 26.8 Å². The van der Waals surface area contributed by atoms with E-state index in [0.717, 1.165) is 4.91 Å². The molecule has 0 heterocycles. The van der Waals surface area contributed by atoms with Gasteiger partial charge in [0.1, 0.15) is 0 Å². The van der Waals surface area contributed by atoms with Gasteiger partial charge in [0.05, 0.1) is 0 Å². The first-order valence-corrected chi connectivity index (χ1v) is 4.14. The number of hydrogen-bond donors (Lipinski definition) is 1. The van der Waals surface area contributed by atoms with Crippen LogP contribution >= 0.6 is 11.8 Å². The zero-order valence-electron chi connectivity index (χ0n) is 6.85. The molecule has 0 spiro atoms. The minimum absolute atomic E-state index is 0.0832. The summed E-state index contributed by atoms with van der Waals surface area (Å²) in [5.74, 6) is 0. The van der Waals surface area contributed by atoms with Gasteiger partial charge < -0.3 is 5.73 Å². The molecule has 1 unspecified atom stereocenters. The Bertz CT molecular complexity index is 147. The number of thioether (sulfide) groups is 1. The molecule has 0 radical (unpaired) electrons. The monoisotopic (exact) mass is 157 g/mol. The lowest BCUT2D eigenvalue weighted by Crippen LogP contribution is -2.14. The molecule has 0 amide bonds. The van der Waals surface area contributed by atoms with E-state index in [1.54, 1.807) is 11.8 Å². The van der Waals surface area contributed by atoms with Gasteiger partial charge in [-0.05, 0) is 30.6 Å². The van der Waals surface area contributed by atoms with Crippen molar-refractivity contribution in [1.29, 1.82) is 0 Å². The zero-order valence-corrected chi connectivity index (χ0v) is 7.66. The van der Waals surface area contributed by atoms with Gasteiger partial charge in [-0.1, -0.05) is 24.4 Å². The molecule has 0 aromatic carbocycles. The molecular weight excluding hydrogens is 142 g/mol. The summed E-state index contributed by atoms with van der Waals surface area (Å²) >= 11 is 1.65. The molecule has 0 aliphatic rings. The maximum Gasteiger partial charge on any atom is 0.0323 e. The van der Waals surface area contributed by atoms with Crippen LogP contribution in [0.25, 0.3) is 0 Å². The lowest BCUT2D eigenvalue weighted by Gasteiger charge is -2.07. The van der Waals surface area contributed by atoms with Crippen molar-refractivity contribution in [3.05, 3.63) is 22.5 Å². The van der Waals surface area contributed by atoms with Crippen molar-refractivity contribution in [1.82, 2.24) is 0 Å². The third-order valence-corrected chi connectivity index (χ3v) is 2.40. The second kappa shape index (κ2) is 4.58. The fourth-order valence-corrected chi connectivity index (χ4v) is 1.08. The van der Waals surface area contributed by atoms with Gasteiger partial charge in [0.25, 0.3) is 0 Å². The fourth-order valence-electron chi connectivity index (χ4n) is 0.359. The van der Waals surface area contributed by atoms with Crippen LogP contribution in [0.2, 0.25) is 0 Å². The van der Waals surface area contributed by atoms with E-state index in [-0.39, 0.29) is 6.04 Å². The third kappa shape index (κ3) is 3.75. The van der Waals surface area contributed by atoms with Crippen LogP contribution in [0.1, 0.15) is 20.8 Å². The lowest BCUT2D eigenvalue weighted by molar-refractivity contribution is 0.915. The molecule has 2 N–H and O–H groups in total. The Labute approximate surface area is 67.4 Å². The summed E-state index contributed by atoms with van der Waals surface area (Å²) in [5, 5.41) is 0. The van der Waals surface area contributed by atoms with Crippen LogP contribution in [0, 0.1) is 0 Å². The quantitative estimate of drug-likeness (QED) is 0.681. The van der Waals surface area contributed by atoms with Gasteiger partial charge in [-0.2, -0.15) is 0 Å². The van der Waals surface area contributed by atoms with Crippen molar-refractivity contribution < 1.29 is 0 Å². The lowest BCUT2D eigenvalue weighted by atomic mass is 10.4. The molecule has 0 aliphatic carbocycles. The Morgan fingerprint density at radius 1 is 1.70 bits per heavy atom. The molecule has 2 heteroatoms. The fraction of sp³-hybridized carbons (Fsp3) is 0.500. The molecule has 58 valence electrons. The van der Waals surface area contributed by atoms with Gasteiger partial charge in [0.15, 0.2) is 0 Å². The summed E-state index contributed by atoms with van der Waals surface area (Å²) in [5.41, 5.74) is 5.59. The second-order valence-electron chi connectivity index (χ2n) is 2.26. The molecule has 0 fully saturated rings. The smallest absolute Gasteiger partial charge is 0.0323 e. The first kappa shape index (κ1) is 9.79. The van der Waals surface area contributed by atoms with E-state index in [2.05, 4.69) is 19.6 Å². The number of nitrogens with two attached hydrogens (primary N) is 1. The molecule has 1 nitrogen and oxygen atoms in total. The minimum Gasteiger partial charge on any atom is -0.324 e. The first-order chi connectivity index (χ1) is 4.57. The van der Waals surface area contributed by atoms with E-state index in [1.807, 2.05) is 13.8 Å². The molecule has 10 heavy (non-hydrogen) atoms. The Balaban J connectivity index is 3.81. The molecular formula is C8H15NS. The van der Waals surface area contributed by atoms with Crippen LogP contribution in [0.4, 0.5) is 0 Å². The van der Waals surface area contributed by atoms with Crippen LogP contribution in [-0.2, 0) is 0 Å². The molecule has 0 aromatic heterocycles. The van der Waals surface area contributed by atoms with Gasteiger partial charge >= 0.3 is 0 Å². The van der Waals surface area contributed by atoms with Crippen LogP contribution in [0.5, 0.6) is 0 Å². The maximum absolute atomic E-state index is 5.59. The maximum atomic E-state index is 5.59. The molecule has 0 aromatic rings. The predicted molar refractivity (Wildman–Crippen MR) is 49.8 cm³/mol. The Kier molecular flexibility index (Phi) is 4.49. The summed E-state index contributed by atoms with van der Waals surface area (Å²) in [6, 6.07) is 0.0832. The number of rotatable bonds is 3. The van der Waals surface area contributed by atoms with E-state index in [0.29, 0.717) is 0 Å². The average Bonchev–Trinajstić information content (AvgIpc) is 1.87. The van der Waals surface area contributed by atoms with Gasteiger partial charge in [-0.25, -0.2) is 0 Å². The van der Waals surface area contributed by atoms with E-state index in [4.69, 9.17) is 5.73 Å². The number of allylic oxidation sites excluding steroid dienone is 2. The SMILES string of the molecule is C=C(S/C(C)=C\C)C(C)N. The average molecular weight is 157 g/mol. The molecule has 0 bridgehead atoms. The van der Waals surface area contributed by atoms with Crippen molar-refractivity contribution >= 4 is 11.8 Å². The summed E-state index contributed by atoms with van der Waals surface area (Å²) < 4.78 is 0. The van der Waals surface area contributed by atoms with Crippen LogP contribution < -0.4 is 5.73 Å². The highest BCUT2D eigenvalue weighted by molar-refractivity contribution is 8.06. The molecule has 0 saturated carbocycles. The van der Waals surface area contributed by atoms with E-state index in [1.165, 1.54) is 4.91 Å². The van der Waals surface area contributed by atoms with Crippen molar-refractivity contribution in [3.8, 4) is 0 Å². The van der Waals surface area contributed by atoms with Crippen molar-refractivity contribution in [2.24, 2.45) is 5.73 Å².